The van der Waals surface area contributed by atoms with E-state index in [1.807, 2.05) is 0 Å². The average molecular weight is 286 g/mol. The molecule has 0 amide bonds. The maximum Gasteiger partial charge on any atom is 0.330 e. The van der Waals surface area contributed by atoms with Crippen LogP contribution in [-0.2, 0) is 0 Å². The van der Waals surface area contributed by atoms with E-state index in [0.29, 0.717) is 0 Å². The quantitative estimate of drug-likeness (QED) is 0.652. The van der Waals surface area contributed by atoms with Crippen LogP contribution in [0.4, 0.5) is 10.3 Å². The monoisotopic (exact) mass is 285 g/mol. The molecule has 7 nitrogen and oxygen atoms in total. The van der Waals surface area contributed by atoms with Gasteiger partial charge in [0, 0.05) is 0 Å². The number of hydrogen-bond acceptors (Lipinski definition) is 7. The summed E-state index contributed by atoms with van der Waals surface area (Å²) in [6.45, 7) is 0. The molecule has 3 N–H and O–H groups in total. The van der Waals surface area contributed by atoms with E-state index in [4.69, 9.17) is 26.9 Å². The second-order valence-electron chi connectivity index (χ2n) is 3.23. The van der Waals surface area contributed by atoms with Crippen LogP contribution in [0.2, 0.25) is 5.02 Å². The molecule has 0 spiro atoms. The highest BCUT2D eigenvalue weighted by molar-refractivity contribution is 6.30. The highest BCUT2D eigenvalue weighted by Crippen LogP contribution is 2.27. The predicted molar refractivity (Wildman–Crippen MR) is 65.7 cm³/mol. The molecule has 0 saturated carbocycles. The maximum atomic E-state index is 13.7. The third kappa shape index (κ3) is 2.98. The first-order valence-electron chi connectivity index (χ1n) is 5.02. The summed E-state index contributed by atoms with van der Waals surface area (Å²) in [7, 11) is 1.36. The first-order valence-corrected chi connectivity index (χ1v) is 5.40. The van der Waals surface area contributed by atoms with Gasteiger partial charge in [-0.1, -0.05) is 17.7 Å². The van der Waals surface area contributed by atoms with Crippen LogP contribution in [0.15, 0.2) is 18.2 Å². The van der Waals surface area contributed by atoms with Crippen LogP contribution in [0.1, 0.15) is 0 Å². The molecule has 0 unspecified atom stereocenters. The number of methoxy groups -OCH3 is 1. The molecule has 0 atom stereocenters. The molecule has 0 aliphatic carbocycles. The van der Waals surface area contributed by atoms with Gasteiger partial charge in [0.2, 0.25) is 5.95 Å². The number of halogens is 2. The summed E-state index contributed by atoms with van der Waals surface area (Å²) in [6, 6.07) is 4.10. The van der Waals surface area contributed by atoms with E-state index in [2.05, 4.69) is 20.4 Å². The van der Waals surface area contributed by atoms with Crippen LogP contribution in [0, 0.1) is 5.82 Å². The van der Waals surface area contributed by atoms with Gasteiger partial charge in [-0.15, -0.1) is 4.98 Å². The summed E-state index contributed by atoms with van der Waals surface area (Å²) in [5.74, 6) is 4.36. The van der Waals surface area contributed by atoms with Gasteiger partial charge in [-0.05, 0) is 12.1 Å². The Balaban J connectivity index is 2.34. The van der Waals surface area contributed by atoms with Crippen molar-refractivity contribution in [3.8, 4) is 17.8 Å². The topological polar surface area (TPSA) is 95.2 Å². The van der Waals surface area contributed by atoms with Crippen molar-refractivity contribution in [2.75, 3.05) is 12.5 Å². The highest BCUT2D eigenvalue weighted by atomic mass is 35.5. The minimum Gasteiger partial charge on any atom is -0.467 e. The second-order valence-corrected chi connectivity index (χ2v) is 3.63. The van der Waals surface area contributed by atoms with Crippen molar-refractivity contribution in [2.24, 2.45) is 5.84 Å². The predicted octanol–water partition coefficient (Wildman–Crippen LogP) is 1.75. The zero-order valence-corrected chi connectivity index (χ0v) is 10.5. The zero-order valence-electron chi connectivity index (χ0n) is 9.72. The number of benzene rings is 1. The summed E-state index contributed by atoms with van der Waals surface area (Å²) in [5, 5.41) is -0.0734. The molecule has 0 fully saturated rings. The van der Waals surface area contributed by atoms with Crippen molar-refractivity contribution in [1.82, 2.24) is 15.0 Å². The first kappa shape index (κ1) is 13.2. The van der Waals surface area contributed by atoms with Gasteiger partial charge < -0.3 is 9.47 Å². The van der Waals surface area contributed by atoms with Crippen molar-refractivity contribution in [1.29, 1.82) is 0 Å². The number of nitrogens with two attached hydrogens (primary N) is 1. The molecule has 1 aromatic heterocycles. The SMILES string of the molecule is COc1nc(NN)nc(Oc2cccc(Cl)c2F)n1. The first-order chi connectivity index (χ1) is 9.13. The number of anilines is 1. The number of hydrogen-bond donors (Lipinski definition) is 2. The fourth-order valence-electron chi connectivity index (χ4n) is 1.20. The molecular formula is C10H9ClFN5O2. The van der Waals surface area contributed by atoms with Crippen molar-refractivity contribution >= 4 is 17.5 Å². The molecule has 0 radical (unpaired) electrons. The normalized spacial score (nSPS) is 10.1. The minimum atomic E-state index is -0.717. The summed E-state index contributed by atoms with van der Waals surface area (Å²) in [4.78, 5) is 11.4. The van der Waals surface area contributed by atoms with Crippen molar-refractivity contribution in [3.05, 3.63) is 29.0 Å². The molecule has 9 heteroatoms. The Morgan fingerprint density at radius 1 is 1.26 bits per heavy atom. The molecule has 1 aromatic carbocycles. The Hall–Kier alpha value is -2.19. The van der Waals surface area contributed by atoms with Crippen LogP contribution in [0.5, 0.6) is 17.8 Å². The maximum absolute atomic E-state index is 13.7. The third-order valence-electron chi connectivity index (χ3n) is 2.02. The minimum absolute atomic E-state index is 0.0179. The number of nitrogens with one attached hydrogen (secondary N) is 1. The van der Waals surface area contributed by atoms with E-state index >= 15 is 0 Å². The van der Waals surface area contributed by atoms with Gasteiger partial charge in [-0.25, -0.2) is 10.2 Å². The van der Waals surface area contributed by atoms with Gasteiger partial charge in [0.1, 0.15) is 0 Å². The largest absolute Gasteiger partial charge is 0.467 e. The van der Waals surface area contributed by atoms with Gasteiger partial charge in [0.05, 0.1) is 12.1 Å². The molecule has 100 valence electrons. The van der Waals surface area contributed by atoms with Crippen LogP contribution in [0.3, 0.4) is 0 Å². The molecule has 0 aliphatic heterocycles. The van der Waals surface area contributed by atoms with Crippen molar-refractivity contribution in [3.63, 3.8) is 0 Å². The van der Waals surface area contributed by atoms with Crippen molar-refractivity contribution in [2.45, 2.75) is 0 Å². The van der Waals surface area contributed by atoms with Gasteiger partial charge in [0.15, 0.2) is 11.6 Å². The van der Waals surface area contributed by atoms with Crippen LogP contribution in [-0.4, -0.2) is 22.1 Å². The smallest absolute Gasteiger partial charge is 0.330 e. The molecule has 1 heterocycles. The molecule has 0 bridgehead atoms. The number of ether oxygens (including phenoxy) is 2. The Labute approximate surface area is 112 Å². The van der Waals surface area contributed by atoms with Gasteiger partial charge in [-0.3, -0.25) is 5.43 Å². The lowest BCUT2D eigenvalue weighted by molar-refractivity contribution is 0.355. The summed E-state index contributed by atoms with van der Waals surface area (Å²) >= 11 is 5.63. The Morgan fingerprint density at radius 3 is 2.68 bits per heavy atom. The van der Waals surface area contributed by atoms with E-state index < -0.39 is 5.82 Å². The van der Waals surface area contributed by atoms with Gasteiger partial charge in [0.25, 0.3) is 0 Å². The molecule has 0 saturated heterocycles. The van der Waals surface area contributed by atoms with Crippen LogP contribution in [0.25, 0.3) is 0 Å². The van der Waals surface area contributed by atoms with E-state index in [-0.39, 0.29) is 28.7 Å². The van der Waals surface area contributed by atoms with E-state index in [0.717, 1.165) is 0 Å². The molecule has 2 rings (SSSR count). The van der Waals surface area contributed by atoms with E-state index in [1.165, 1.54) is 25.3 Å². The summed E-state index contributed by atoms with van der Waals surface area (Å²) in [6.07, 6.45) is 0. The fourth-order valence-corrected chi connectivity index (χ4v) is 1.37. The molecule has 0 aliphatic rings. The van der Waals surface area contributed by atoms with Gasteiger partial charge in [-0.2, -0.15) is 9.97 Å². The Kier molecular flexibility index (Phi) is 3.93. The standard InChI is InChI=1S/C10H9ClFN5O2/c1-18-9-14-8(17-13)15-10(16-9)19-6-4-2-3-5(11)7(6)12/h2-4H,13H2,1H3,(H,14,15,16,17). The Bertz CT molecular complexity index is 576. The number of hydrazine groups is 1. The Morgan fingerprint density at radius 2 is 2.00 bits per heavy atom. The second kappa shape index (κ2) is 5.63. The number of rotatable bonds is 4. The molecular weight excluding hydrogens is 277 g/mol. The third-order valence-corrected chi connectivity index (χ3v) is 2.32. The number of nitrogen functional groups attached to an aromatic ring is 1. The molecule has 2 aromatic rings. The lowest BCUT2D eigenvalue weighted by atomic mass is 10.3. The molecule has 19 heavy (non-hydrogen) atoms. The average Bonchev–Trinajstić information content (AvgIpc) is 2.43. The van der Waals surface area contributed by atoms with Crippen molar-refractivity contribution < 1.29 is 13.9 Å². The lowest BCUT2D eigenvalue weighted by Crippen LogP contribution is -2.12. The number of nitrogens with zero attached hydrogens (tertiary/aromatic N) is 3. The van der Waals surface area contributed by atoms with Crippen LogP contribution < -0.4 is 20.7 Å². The zero-order chi connectivity index (χ0) is 13.8. The van der Waals surface area contributed by atoms with Gasteiger partial charge >= 0.3 is 12.0 Å². The highest BCUT2D eigenvalue weighted by Gasteiger charge is 2.12. The van der Waals surface area contributed by atoms with E-state index in [1.54, 1.807) is 0 Å². The number of aromatic nitrogens is 3. The summed E-state index contributed by atoms with van der Waals surface area (Å²) in [5.41, 5.74) is 2.21. The van der Waals surface area contributed by atoms with E-state index in [9.17, 15) is 4.39 Å². The lowest BCUT2D eigenvalue weighted by Gasteiger charge is -2.07. The fraction of sp³-hybridized carbons (Fsp3) is 0.100. The summed E-state index contributed by atoms with van der Waals surface area (Å²) < 4.78 is 23.7. The van der Waals surface area contributed by atoms with Crippen LogP contribution >= 0.6 is 11.6 Å².